The molecule has 2 aromatic rings. The van der Waals surface area contributed by atoms with Crippen LogP contribution in [0.5, 0.6) is 0 Å². The van der Waals surface area contributed by atoms with Crippen LogP contribution in [0.4, 0.5) is 0 Å². The Bertz CT molecular complexity index is 1380. The molecular formula is C33H34NO+. The lowest BCUT2D eigenvalue weighted by Crippen LogP contribution is -2.09. The largest absolute Gasteiger partial charge is 0.457 e. The van der Waals surface area contributed by atoms with Crippen molar-refractivity contribution in [3.8, 4) is 0 Å². The molecule has 2 aromatic carbocycles. The normalized spacial score (nSPS) is 16.5. The van der Waals surface area contributed by atoms with Crippen LogP contribution in [0.1, 0.15) is 33.4 Å². The lowest BCUT2D eigenvalue weighted by atomic mass is 9.96. The Kier molecular flexibility index (Phi) is 7.31. The Hall–Kier alpha value is -3.91. The molecule has 0 saturated carbocycles. The molecule has 0 radical (unpaired) electrons. The van der Waals surface area contributed by atoms with E-state index in [0.717, 1.165) is 28.2 Å². The maximum absolute atomic E-state index is 6.34. The summed E-state index contributed by atoms with van der Waals surface area (Å²) in [6.07, 6.45) is 21.0. The van der Waals surface area contributed by atoms with Crippen LogP contribution in [0.2, 0.25) is 0 Å². The van der Waals surface area contributed by atoms with Crippen LogP contribution in [-0.2, 0) is 4.74 Å². The fraction of sp³-hybridized carbons (Fsp3) is 0.182. The van der Waals surface area contributed by atoms with Crippen molar-refractivity contribution in [2.24, 2.45) is 0 Å². The van der Waals surface area contributed by atoms with Gasteiger partial charge in [-0.25, -0.2) is 4.58 Å². The van der Waals surface area contributed by atoms with E-state index < -0.39 is 0 Å². The monoisotopic (exact) mass is 460 g/mol. The van der Waals surface area contributed by atoms with Crippen molar-refractivity contribution < 1.29 is 9.31 Å². The molecule has 1 heterocycles. The summed E-state index contributed by atoms with van der Waals surface area (Å²) in [5.74, 6) is 1.69. The van der Waals surface area contributed by atoms with Gasteiger partial charge in [-0.2, -0.15) is 0 Å². The number of allylic oxidation sites excluding steroid dienone is 12. The Morgan fingerprint density at radius 1 is 0.657 bits per heavy atom. The summed E-state index contributed by atoms with van der Waals surface area (Å²) in [6, 6.07) is 13.1. The van der Waals surface area contributed by atoms with E-state index in [1.54, 1.807) is 0 Å². The minimum atomic E-state index is 0.821. The number of benzene rings is 2. The first-order chi connectivity index (χ1) is 16.8. The van der Waals surface area contributed by atoms with Gasteiger partial charge >= 0.3 is 0 Å². The lowest BCUT2D eigenvalue weighted by Gasteiger charge is -2.19. The van der Waals surface area contributed by atoms with E-state index in [4.69, 9.17) is 4.74 Å². The van der Waals surface area contributed by atoms with Gasteiger partial charge in [0, 0.05) is 17.7 Å². The molecule has 2 heteroatoms. The first kappa shape index (κ1) is 24.2. The van der Waals surface area contributed by atoms with Gasteiger partial charge in [0.15, 0.2) is 5.71 Å². The van der Waals surface area contributed by atoms with Crippen molar-refractivity contribution in [1.82, 2.24) is 0 Å². The molecule has 2 aliphatic rings. The molecule has 0 fully saturated rings. The van der Waals surface area contributed by atoms with Gasteiger partial charge in [0.05, 0.1) is 0 Å². The van der Waals surface area contributed by atoms with E-state index in [1.807, 2.05) is 12.2 Å². The van der Waals surface area contributed by atoms with Crippen LogP contribution in [0.15, 0.2) is 108 Å². The Labute approximate surface area is 210 Å². The molecule has 1 aliphatic heterocycles. The molecule has 2 nitrogen and oxygen atoms in total. The van der Waals surface area contributed by atoms with Crippen molar-refractivity contribution in [2.45, 2.75) is 27.7 Å². The van der Waals surface area contributed by atoms with E-state index in [9.17, 15) is 0 Å². The fourth-order valence-corrected chi connectivity index (χ4v) is 3.93. The summed E-state index contributed by atoms with van der Waals surface area (Å²) in [4.78, 5) is 0. The molecule has 0 aromatic heterocycles. The van der Waals surface area contributed by atoms with Crippen LogP contribution in [-0.4, -0.2) is 24.4 Å². The summed E-state index contributed by atoms with van der Waals surface area (Å²) in [7, 11) is 4.10. The van der Waals surface area contributed by atoms with Gasteiger partial charge in [0.25, 0.3) is 0 Å². The van der Waals surface area contributed by atoms with Crippen LogP contribution >= 0.6 is 0 Å². The van der Waals surface area contributed by atoms with Crippen molar-refractivity contribution in [3.05, 3.63) is 142 Å². The minimum absolute atomic E-state index is 0.821. The first-order valence-electron chi connectivity index (χ1n) is 12.1. The minimum Gasteiger partial charge on any atom is -0.457 e. The second-order valence-corrected chi connectivity index (χ2v) is 9.41. The van der Waals surface area contributed by atoms with Crippen LogP contribution < -0.4 is 0 Å². The molecule has 0 bridgehead atoms. The topological polar surface area (TPSA) is 12.2 Å². The molecule has 1 aliphatic carbocycles. The average Bonchev–Trinajstić information content (AvgIpc) is 2.85. The highest BCUT2D eigenvalue weighted by Gasteiger charge is 2.15. The Morgan fingerprint density at radius 3 is 1.89 bits per heavy atom. The van der Waals surface area contributed by atoms with Gasteiger partial charge in [-0.15, -0.1) is 0 Å². The van der Waals surface area contributed by atoms with E-state index in [-0.39, 0.29) is 0 Å². The third kappa shape index (κ3) is 5.96. The Balaban J connectivity index is 1.64. The summed E-state index contributed by atoms with van der Waals surface area (Å²) in [5.41, 5.74) is 10.9. The first-order valence-corrected chi connectivity index (χ1v) is 12.1. The molecule has 0 unspecified atom stereocenters. The number of rotatable bonds is 4. The zero-order valence-corrected chi connectivity index (χ0v) is 21.6. The maximum atomic E-state index is 6.34. The summed E-state index contributed by atoms with van der Waals surface area (Å²) < 4.78 is 8.44. The maximum Gasteiger partial charge on any atom is 0.199 e. The van der Waals surface area contributed by atoms with Crippen molar-refractivity contribution >= 4 is 17.0 Å². The van der Waals surface area contributed by atoms with Gasteiger partial charge in [-0.05, 0) is 103 Å². The van der Waals surface area contributed by atoms with Crippen molar-refractivity contribution in [2.75, 3.05) is 14.1 Å². The van der Waals surface area contributed by atoms with Crippen molar-refractivity contribution in [1.29, 1.82) is 0 Å². The SMILES string of the molecule is Cc1ccc(C2=C/C(=C\C=C\C=C3C=CC(=[N+](C)C)C=C3)OC(c3ccc(C)c(C)c3)=C2)cc1C. The molecule has 176 valence electrons. The molecule has 0 saturated heterocycles. The predicted molar refractivity (Wildman–Crippen MR) is 150 cm³/mol. The molecule has 35 heavy (non-hydrogen) atoms. The standard InChI is InChI=1S/C33H34NO/c1-23-11-15-28(19-25(23)3)30-21-32(35-33(22-30)29-16-12-24(2)26(4)20-29)10-8-7-9-27-13-17-31(18-14-27)34(5)6/h7-22H,1-6H3/q+1/b8-7+,32-10+. The van der Waals surface area contributed by atoms with Gasteiger partial charge in [-0.3, -0.25) is 0 Å². The van der Waals surface area contributed by atoms with E-state index in [0.29, 0.717) is 0 Å². The van der Waals surface area contributed by atoms with Gasteiger partial charge in [0.2, 0.25) is 0 Å². The second kappa shape index (κ2) is 10.6. The Morgan fingerprint density at radius 2 is 1.26 bits per heavy atom. The number of ether oxygens (including phenoxy) is 1. The van der Waals surface area contributed by atoms with E-state index in [1.165, 1.54) is 33.5 Å². The zero-order chi connectivity index (χ0) is 24.9. The van der Waals surface area contributed by atoms with Gasteiger partial charge in [0.1, 0.15) is 25.6 Å². The molecule has 0 amide bonds. The van der Waals surface area contributed by atoms with E-state index in [2.05, 4.69) is 131 Å². The summed E-state index contributed by atoms with van der Waals surface area (Å²) in [5, 5.41) is 0. The highest BCUT2D eigenvalue weighted by Crippen LogP contribution is 2.33. The summed E-state index contributed by atoms with van der Waals surface area (Å²) in [6.45, 7) is 8.58. The highest BCUT2D eigenvalue weighted by atomic mass is 16.5. The van der Waals surface area contributed by atoms with Gasteiger partial charge in [-0.1, -0.05) is 48.6 Å². The summed E-state index contributed by atoms with van der Waals surface area (Å²) >= 11 is 0. The number of hydrogen-bond acceptors (Lipinski definition) is 1. The van der Waals surface area contributed by atoms with E-state index >= 15 is 0 Å². The molecule has 0 atom stereocenters. The average molecular weight is 461 g/mol. The zero-order valence-electron chi connectivity index (χ0n) is 21.6. The molecule has 4 rings (SSSR count). The van der Waals surface area contributed by atoms with Gasteiger partial charge < -0.3 is 4.74 Å². The predicted octanol–water partition coefficient (Wildman–Crippen LogP) is 7.58. The molecular weight excluding hydrogens is 426 g/mol. The van der Waals surface area contributed by atoms with Crippen LogP contribution in [0.25, 0.3) is 11.3 Å². The molecule has 0 spiro atoms. The number of hydrogen-bond donors (Lipinski definition) is 0. The van der Waals surface area contributed by atoms with Crippen LogP contribution in [0.3, 0.4) is 0 Å². The molecule has 0 N–H and O–H groups in total. The van der Waals surface area contributed by atoms with Crippen LogP contribution in [0, 0.1) is 27.7 Å². The third-order valence-electron chi connectivity index (χ3n) is 6.51. The second-order valence-electron chi connectivity index (χ2n) is 9.41. The third-order valence-corrected chi connectivity index (χ3v) is 6.51. The quantitative estimate of drug-likeness (QED) is 0.428. The smallest absolute Gasteiger partial charge is 0.199 e. The lowest BCUT2D eigenvalue weighted by molar-refractivity contribution is -0.462. The number of aryl methyl sites for hydroxylation is 4. The fourth-order valence-electron chi connectivity index (χ4n) is 3.93. The highest BCUT2D eigenvalue weighted by molar-refractivity contribution is 6.02. The number of nitrogens with zero attached hydrogens (tertiary/aromatic N) is 1. The van der Waals surface area contributed by atoms with Crippen molar-refractivity contribution in [3.63, 3.8) is 0 Å².